The smallest absolute Gasteiger partial charge is 0.126 e. The maximum absolute atomic E-state index is 13.7. The summed E-state index contributed by atoms with van der Waals surface area (Å²) in [4.78, 5) is 2.33. The van der Waals surface area contributed by atoms with Crippen molar-refractivity contribution in [2.24, 2.45) is 0 Å². The van der Waals surface area contributed by atoms with Crippen LogP contribution in [0.5, 0.6) is 0 Å². The molecule has 1 aliphatic carbocycles. The maximum Gasteiger partial charge on any atom is 0.126 e. The van der Waals surface area contributed by atoms with E-state index in [0.717, 1.165) is 12.2 Å². The second-order valence-electron chi connectivity index (χ2n) is 5.56. The molecule has 1 aliphatic rings. The monoisotopic (exact) mass is 265 g/mol. The van der Waals surface area contributed by atoms with E-state index in [9.17, 15) is 9.50 Å². The second kappa shape index (κ2) is 5.91. The summed E-state index contributed by atoms with van der Waals surface area (Å²) in [6, 6.07) is 3.92. The van der Waals surface area contributed by atoms with Crippen LogP contribution in [0.25, 0.3) is 0 Å². The van der Waals surface area contributed by atoms with Crippen molar-refractivity contribution in [3.63, 3.8) is 0 Å². The molecule has 0 amide bonds. The summed E-state index contributed by atoms with van der Waals surface area (Å²) in [5.74, 6) is -0.234. The van der Waals surface area contributed by atoms with E-state index in [1.54, 1.807) is 13.8 Å². The molecule has 1 atom stereocenters. The summed E-state index contributed by atoms with van der Waals surface area (Å²) >= 11 is 0. The summed E-state index contributed by atoms with van der Waals surface area (Å²) in [5, 5.41) is 9.91. The van der Waals surface area contributed by atoms with E-state index in [-0.39, 0.29) is 5.82 Å². The van der Waals surface area contributed by atoms with E-state index < -0.39 is 6.10 Å². The van der Waals surface area contributed by atoms with E-state index in [0.29, 0.717) is 17.2 Å². The zero-order valence-electron chi connectivity index (χ0n) is 12.1. The van der Waals surface area contributed by atoms with Crippen molar-refractivity contribution < 1.29 is 9.50 Å². The van der Waals surface area contributed by atoms with E-state index in [2.05, 4.69) is 11.8 Å². The average molecular weight is 265 g/mol. The van der Waals surface area contributed by atoms with Gasteiger partial charge < -0.3 is 10.0 Å². The Bertz CT molecular complexity index is 439. The number of aryl methyl sites for hydroxylation is 1. The molecule has 2 rings (SSSR count). The van der Waals surface area contributed by atoms with Crippen molar-refractivity contribution in [1.29, 1.82) is 0 Å². The normalized spacial score (nSPS) is 17.7. The van der Waals surface area contributed by atoms with E-state index in [1.165, 1.54) is 31.7 Å². The Morgan fingerprint density at radius 2 is 2.00 bits per heavy atom. The largest absolute Gasteiger partial charge is 0.389 e. The van der Waals surface area contributed by atoms with Gasteiger partial charge in [0, 0.05) is 23.8 Å². The molecule has 1 aromatic carbocycles. The van der Waals surface area contributed by atoms with Crippen molar-refractivity contribution >= 4 is 5.69 Å². The topological polar surface area (TPSA) is 23.5 Å². The van der Waals surface area contributed by atoms with Crippen molar-refractivity contribution in [3.05, 3.63) is 29.1 Å². The van der Waals surface area contributed by atoms with Gasteiger partial charge in [-0.3, -0.25) is 0 Å². The molecular weight excluding hydrogens is 241 g/mol. The van der Waals surface area contributed by atoms with Gasteiger partial charge in [-0.2, -0.15) is 0 Å². The summed E-state index contributed by atoms with van der Waals surface area (Å²) in [5.41, 5.74) is 2.36. The molecule has 0 radical (unpaired) electrons. The lowest BCUT2D eigenvalue weighted by atomic mass is 10.0. The molecule has 2 nitrogen and oxygen atoms in total. The molecule has 0 heterocycles. The summed E-state index contributed by atoms with van der Waals surface area (Å²) in [7, 11) is 0. The Morgan fingerprint density at radius 3 is 2.53 bits per heavy atom. The minimum Gasteiger partial charge on any atom is -0.389 e. The minimum atomic E-state index is -0.638. The number of aliphatic hydroxyl groups is 1. The lowest BCUT2D eigenvalue weighted by molar-refractivity contribution is 0.199. The minimum absolute atomic E-state index is 0.234. The molecule has 0 bridgehead atoms. The highest BCUT2D eigenvalue weighted by molar-refractivity contribution is 5.57. The second-order valence-corrected chi connectivity index (χ2v) is 5.56. The molecule has 1 aromatic rings. The zero-order chi connectivity index (χ0) is 14.0. The Balaban J connectivity index is 2.42. The van der Waals surface area contributed by atoms with Crippen LogP contribution in [0, 0.1) is 12.7 Å². The number of hydrogen-bond acceptors (Lipinski definition) is 2. The molecule has 0 unspecified atom stereocenters. The van der Waals surface area contributed by atoms with Crippen LogP contribution in [0.2, 0.25) is 0 Å². The van der Waals surface area contributed by atoms with Gasteiger partial charge in [0.1, 0.15) is 5.82 Å². The predicted molar refractivity (Wildman–Crippen MR) is 77.0 cm³/mol. The van der Waals surface area contributed by atoms with Crippen LogP contribution in [0.1, 0.15) is 56.8 Å². The molecule has 0 aromatic heterocycles. The summed E-state index contributed by atoms with van der Waals surface area (Å²) < 4.78 is 13.7. The number of halogens is 1. The van der Waals surface area contributed by atoms with Gasteiger partial charge in [0.25, 0.3) is 0 Å². The van der Waals surface area contributed by atoms with Crippen molar-refractivity contribution in [1.82, 2.24) is 0 Å². The van der Waals surface area contributed by atoms with Crippen LogP contribution in [0.15, 0.2) is 12.1 Å². The lowest BCUT2D eigenvalue weighted by Gasteiger charge is -2.32. The number of rotatable bonds is 4. The first kappa shape index (κ1) is 14.3. The van der Waals surface area contributed by atoms with E-state index >= 15 is 0 Å². The van der Waals surface area contributed by atoms with Crippen molar-refractivity contribution in [2.75, 3.05) is 11.4 Å². The van der Waals surface area contributed by atoms with Crippen molar-refractivity contribution in [3.8, 4) is 0 Å². The third-order valence-electron chi connectivity index (χ3n) is 4.17. The Hall–Kier alpha value is -1.09. The molecule has 1 saturated carbocycles. The van der Waals surface area contributed by atoms with Crippen LogP contribution in [0.3, 0.4) is 0 Å². The van der Waals surface area contributed by atoms with Gasteiger partial charge in [0.05, 0.1) is 6.10 Å². The molecule has 19 heavy (non-hydrogen) atoms. The fourth-order valence-electron chi connectivity index (χ4n) is 3.11. The highest BCUT2D eigenvalue weighted by Crippen LogP contribution is 2.34. The van der Waals surface area contributed by atoms with Gasteiger partial charge in [-0.15, -0.1) is 0 Å². The van der Waals surface area contributed by atoms with Crippen LogP contribution in [-0.4, -0.2) is 17.7 Å². The van der Waals surface area contributed by atoms with Gasteiger partial charge in [0.2, 0.25) is 0 Å². The first-order valence-corrected chi connectivity index (χ1v) is 7.29. The molecule has 106 valence electrons. The number of hydrogen-bond donors (Lipinski definition) is 1. The summed E-state index contributed by atoms with van der Waals surface area (Å²) in [6.07, 6.45) is 4.30. The average Bonchev–Trinajstić information content (AvgIpc) is 2.87. The highest BCUT2D eigenvalue weighted by atomic mass is 19.1. The lowest BCUT2D eigenvalue weighted by Crippen LogP contribution is -2.34. The third-order valence-corrected chi connectivity index (χ3v) is 4.17. The number of aliphatic hydroxyl groups excluding tert-OH is 1. The van der Waals surface area contributed by atoms with Gasteiger partial charge in [-0.05, 0) is 51.3 Å². The highest BCUT2D eigenvalue weighted by Gasteiger charge is 2.25. The van der Waals surface area contributed by atoms with Crippen molar-refractivity contribution in [2.45, 2.75) is 58.6 Å². The Kier molecular flexibility index (Phi) is 4.46. The molecule has 0 aliphatic heterocycles. The number of nitrogens with zero attached hydrogens (tertiary/aromatic N) is 1. The Morgan fingerprint density at radius 1 is 1.37 bits per heavy atom. The third kappa shape index (κ3) is 2.92. The molecular formula is C16H24FNO. The summed E-state index contributed by atoms with van der Waals surface area (Å²) in [6.45, 7) is 6.52. The van der Waals surface area contributed by atoms with Gasteiger partial charge >= 0.3 is 0 Å². The van der Waals surface area contributed by atoms with Gasteiger partial charge in [-0.1, -0.05) is 12.8 Å². The Labute approximate surface area is 115 Å². The predicted octanol–water partition coefficient (Wildman–Crippen LogP) is 3.96. The first-order valence-electron chi connectivity index (χ1n) is 7.29. The number of anilines is 1. The molecule has 0 saturated heterocycles. The van der Waals surface area contributed by atoms with Crippen LogP contribution >= 0.6 is 0 Å². The fraction of sp³-hybridized carbons (Fsp3) is 0.625. The van der Waals surface area contributed by atoms with Gasteiger partial charge in [0.15, 0.2) is 0 Å². The molecule has 0 spiro atoms. The van der Waals surface area contributed by atoms with E-state index in [1.807, 2.05) is 6.07 Å². The van der Waals surface area contributed by atoms with Gasteiger partial charge in [-0.25, -0.2) is 4.39 Å². The molecule has 1 fully saturated rings. The molecule has 3 heteroatoms. The SMILES string of the molecule is CCN(c1cc(C)c(F)cc1[C@H](C)O)C1CCCC1. The fourth-order valence-corrected chi connectivity index (χ4v) is 3.11. The van der Waals surface area contributed by atoms with E-state index in [4.69, 9.17) is 0 Å². The maximum atomic E-state index is 13.7. The standard InChI is InChI=1S/C16H24FNO/c1-4-18(13-7-5-6-8-13)16-9-11(2)15(17)10-14(16)12(3)19/h9-10,12-13,19H,4-8H2,1-3H3/t12-/m0/s1. The first-order chi connectivity index (χ1) is 9.04. The zero-order valence-corrected chi connectivity index (χ0v) is 12.1. The van der Waals surface area contributed by atoms with Crippen LogP contribution in [-0.2, 0) is 0 Å². The number of benzene rings is 1. The van der Waals surface area contributed by atoms with Crippen LogP contribution in [0.4, 0.5) is 10.1 Å². The molecule has 1 N–H and O–H groups in total. The van der Waals surface area contributed by atoms with Crippen LogP contribution < -0.4 is 4.90 Å². The quantitative estimate of drug-likeness (QED) is 0.891.